The van der Waals surface area contributed by atoms with Crippen LogP contribution < -0.4 is 14.8 Å². The Bertz CT molecular complexity index is 1230. The van der Waals surface area contributed by atoms with Crippen molar-refractivity contribution in [3.05, 3.63) is 74.8 Å². The molecule has 0 bridgehead atoms. The van der Waals surface area contributed by atoms with Gasteiger partial charge in [0.25, 0.3) is 0 Å². The van der Waals surface area contributed by atoms with Gasteiger partial charge in [-0.1, -0.05) is 17.4 Å². The molecule has 2 heterocycles. The van der Waals surface area contributed by atoms with Gasteiger partial charge in [-0.15, -0.1) is 23.2 Å². The van der Waals surface area contributed by atoms with Crippen molar-refractivity contribution in [2.45, 2.75) is 12.2 Å². The second-order valence-corrected chi connectivity index (χ2v) is 10.5. The lowest BCUT2D eigenvalue weighted by Crippen LogP contribution is -2.27. The molecule has 1 aromatic carbocycles. The van der Waals surface area contributed by atoms with Crippen LogP contribution in [0.25, 0.3) is 0 Å². The molecule has 13 heteroatoms. The minimum Gasteiger partial charge on any atom is -0.384 e. The van der Waals surface area contributed by atoms with Gasteiger partial charge in [-0.3, -0.25) is 10.1 Å². The number of benzene rings is 1. The van der Waals surface area contributed by atoms with Gasteiger partial charge in [0.2, 0.25) is 0 Å². The summed E-state index contributed by atoms with van der Waals surface area (Å²) in [6.45, 7) is 2.75. The van der Waals surface area contributed by atoms with Gasteiger partial charge in [0.15, 0.2) is 5.25 Å². The van der Waals surface area contributed by atoms with Crippen LogP contribution in [0.3, 0.4) is 0 Å². The number of rotatable bonds is 11. The molecule has 0 saturated heterocycles. The maximum Gasteiger partial charge on any atom is 0.329 e. The number of nitrogens with zero attached hydrogens (tertiary/aromatic N) is 3. The van der Waals surface area contributed by atoms with Gasteiger partial charge in [0, 0.05) is 42.1 Å². The maximum atomic E-state index is 13.5. The molecule has 0 amide bonds. The summed E-state index contributed by atoms with van der Waals surface area (Å²) in [6, 6.07) is 9.31. The van der Waals surface area contributed by atoms with Crippen molar-refractivity contribution in [2.75, 3.05) is 35.5 Å². The van der Waals surface area contributed by atoms with Gasteiger partial charge in [-0.2, -0.15) is 8.42 Å². The highest BCUT2D eigenvalue weighted by atomic mass is 35.5. The lowest BCUT2D eigenvalue weighted by Gasteiger charge is -2.23. The Labute approximate surface area is 211 Å². The minimum absolute atomic E-state index is 0.0357. The number of aromatic nitrogens is 1. The molecular weight excluding hydrogens is 523 g/mol. The number of pyridine rings is 1. The first-order valence-corrected chi connectivity index (χ1v) is 13.4. The average Bonchev–Trinajstić information content (AvgIpc) is 3.16. The number of nitrogens with two attached hydrogens (primary N) is 1. The zero-order valence-corrected chi connectivity index (χ0v) is 21.2. The Kier molecular flexibility index (Phi) is 8.58. The van der Waals surface area contributed by atoms with Crippen LogP contribution in [0.4, 0.5) is 16.5 Å². The Morgan fingerprint density at radius 3 is 2.35 bits per heavy atom. The van der Waals surface area contributed by atoms with Crippen LogP contribution in [-0.4, -0.2) is 43.2 Å². The van der Waals surface area contributed by atoms with Crippen molar-refractivity contribution in [3.63, 3.8) is 0 Å². The van der Waals surface area contributed by atoms with Crippen LogP contribution in [0.5, 0.6) is 5.75 Å². The van der Waals surface area contributed by atoms with Gasteiger partial charge < -0.3 is 14.8 Å². The standard InChI is InChI=1S/C21H22Cl2N4O5S2/c1-14-13-33-21(27(28)29)19(14)20(15-2-7-18(24)25-12-15)34(30,31)32-17-5-3-16(4-6-17)26(10-8-22)11-9-23/h2-7,12-13,20H,8-11H2,1H3,(H2,24,25). The molecule has 1 unspecified atom stereocenters. The van der Waals surface area contributed by atoms with Crippen LogP contribution >= 0.6 is 34.5 Å². The van der Waals surface area contributed by atoms with Gasteiger partial charge in [-0.05, 0) is 48.4 Å². The molecule has 0 spiro atoms. The van der Waals surface area contributed by atoms with Crippen LogP contribution in [0.15, 0.2) is 48.0 Å². The number of nitro groups is 1. The molecule has 0 fully saturated rings. The Morgan fingerprint density at radius 1 is 1.18 bits per heavy atom. The molecule has 2 aromatic heterocycles. The molecular formula is C21H22Cl2N4O5S2. The summed E-state index contributed by atoms with van der Waals surface area (Å²) >= 11 is 12.6. The second-order valence-electron chi connectivity index (χ2n) is 7.23. The molecule has 182 valence electrons. The van der Waals surface area contributed by atoms with Crippen molar-refractivity contribution in [1.82, 2.24) is 4.98 Å². The van der Waals surface area contributed by atoms with E-state index in [-0.39, 0.29) is 27.7 Å². The van der Waals surface area contributed by atoms with E-state index >= 15 is 0 Å². The molecule has 0 aliphatic rings. The molecule has 3 aromatic rings. The number of halogens is 2. The monoisotopic (exact) mass is 544 g/mol. The zero-order chi connectivity index (χ0) is 24.9. The zero-order valence-electron chi connectivity index (χ0n) is 18.1. The summed E-state index contributed by atoms with van der Waals surface area (Å²) < 4.78 is 32.4. The number of aryl methyl sites for hydroxylation is 1. The Morgan fingerprint density at radius 2 is 1.82 bits per heavy atom. The molecule has 2 N–H and O–H groups in total. The lowest BCUT2D eigenvalue weighted by atomic mass is 10.0. The third-order valence-corrected chi connectivity index (χ3v) is 7.87. The summed E-state index contributed by atoms with van der Waals surface area (Å²) in [6.07, 6.45) is 1.28. The second kappa shape index (κ2) is 11.2. The van der Waals surface area contributed by atoms with Gasteiger partial charge in [0.1, 0.15) is 11.6 Å². The Hall–Kier alpha value is -2.60. The fourth-order valence-corrected chi connectivity index (χ4v) is 6.34. The fourth-order valence-electron chi connectivity index (χ4n) is 3.42. The van der Waals surface area contributed by atoms with Crippen LogP contribution in [0, 0.1) is 17.0 Å². The summed E-state index contributed by atoms with van der Waals surface area (Å²) in [7, 11) is -4.43. The normalized spacial score (nSPS) is 12.3. The van der Waals surface area contributed by atoms with E-state index < -0.39 is 20.3 Å². The third kappa shape index (κ3) is 5.90. The smallest absolute Gasteiger partial charge is 0.329 e. The van der Waals surface area contributed by atoms with Crippen molar-refractivity contribution in [1.29, 1.82) is 0 Å². The van der Waals surface area contributed by atoms with E-state index in [1.54, 1.807) is 19.1 Å². The lowest BCUT2D eigenvalue weighted by molar-refractivity contribution is -0.380. The van der Waals surface area contributed by atoms with Crippen molar-refractivity contribution in [3.8, 4) is 5.75 Å². The van der Waals surface area contributed by atoms with Crippen molar-refractivity contribution < 1.29 is 17.5 Å². The Balaban J connectivity index is 2.01. The van der Waals surface area contributed by atoms with E-state index in [2.05, 4.69) is 4.98 Å². The van der Waals surface area contributed by atoms with Gasteiger partial charge in [0.05, 0.1) is 10.5 Å². The molecule has 0 aliphatic heterocycles. The highest BCUT2D eigenvalue weighted by Crippen LogP contribution is 2.42. The summed E-state index contributed by atoms with van der Waals surface area (Å²) in [5.74, 6) is 1.05. The highest BCUT2D eigenvalue weighted by molar-refractivity contribution is 7.87. The van der Waals surface area contributed by atoms with E-state index in [1.165, 1.54) is 35.8 Å². The number of nitrogen functional groups attached to an aromatic ring is 1. The largest absolute Gasteiger partial charge is 0.384 e. The van der Waals surface area contributed by atoms with Crippen LogP contribution in [0.2, 0.25) is 0 Å². The molecule has 0 saturated carbocycles. The van der Waals surface area contributed by atoms with Crippen molar-refractivity contribution >= 4 is 61.2 Å². The topological polar surface area (TPSA) is 129 Å². The first-order valence-electron chi connectivity index (χ1n) is 10.0. The number of thiophene rings is 1. The molecule has 0 aliphatic carbocycles. The van der Waals surface area contributed by atoms with E-state index in [0.29, 0.717) is 30.4 Å². The van der Waals surface area contributed by atoms with E-state index in [0.717, 1.165) is 17.0 Å². The van der Waals surface area contributed by atoms with Gasteiger partial charge >= 0.3 is 15.1 Å². The fraction of sp³-hybridized carbons (Fsp3) is 0.286. The highest BCUT2D eigenvalue weighted by Gasteiger charge is 2.39. The summed E-state index contributed by atoms with van der Waals surface area (Å²) in [5, 5.41) is 11.4. The molecule has 34 heavy (non-hydrogen) atoms. The van der Waals surface area contributed by atoms with Gasteiger partial charge in [-0.25, -0.2) is 4.98 Å². The number of hydrogen-bond donors (Lipinski definition) is 1. The number of hydrogen-bond acceptors (Lipinski definition) is 9. The van der Waals surface area contributed by atoms with Crippen LogP contribution in [0.1, 0.15) is 21.9 Å². The molecule has 9 nitrogen and oxygen atoms in total. The first-order chi connectivity index (χ1) is 16.2. The molecule has 1 atom stereocenters. The van der Waals surface area contributed by atoms with Crippen molar-refractivity contribution in [2.24, 2.45) is 0 Å². The quantitative estimate of drug-likeness (QED) is 0.159. The van der Waals surface area contributed by atoms with E-state index in [4.69, 9.17) is 33.1 Å². The van der Waals surface area contributed by atoms with Crippen LogP contribution in [-0.2, 0) is 10.1 Å². The molecule has 0 radical (unpaired) electrons. The molecule has 3 rings (SSSR count). The predicted molar refractivity (Wildman–Crippen MR) is 136 cm³/mol. The SMILES string of the molecule is Cc1csc([N+](=O)[O-])c1C(c1ccc(N)nc1)S(=O)(=O)Oc1ccc(N(CCCl)CCCl)cc1. The maximum absolute atomic E-state index is 13.5. The number of alkyl halides is 2. The van der Waals surface area contributed by atoms with E-state index in [9.17, 15) is 18.5 Å². The average molecular weight is 545 g/mol. The first kappa shape index (κ1) is 26.0. The summed E-state index contributed by atoms with van der Waals surface area (Å²) in [4.78, 5) is 17.0. The third-order valence-electron chi connectivity index (χ3n) is 4.95. The number of anilines is 2. The predicted octanol–water partition coefficient (Wildman–Crippen LogP) is 4.72. The minimum atomic E-state index is -4.43. The summed E-state index contributed by atoms with van der Waals surface area (Å²) in [5.41, 5.74) is 7.14. The van der Waals surface area contributed by atoms with E-state index in [1.807, 2.05) is 4.90 Å².